The van der Waals surface area contributed by atoms with Crippen molar-refractivity contribution in [3.8, 4) is 0 Å². The summed E-state index contributed by atoms with van der Waals surface area (Å²) >= 11 is 0. The smallest absolute Gasteiger partial charge is 0.257 e. The van der Waals surface area contributed by atoms with E-state index in [2.05, 4.69) is 0 Å². The van der Waals surface area contributed by atoms with Crippen LogP contribution in [0, 0.1) is 25.7 Å². The van der Waals surface area contributed by atoms with Gasteiger partial charge in [-0.05, 0) is 38.7 Å². The van der Waals surface area contributed by atoms with E-state index in [9.17, 15) is 9.90 Å². The van der Waals surface area contributed by atoms with Gasteiger partial charge >= 0.3 is 0 Å². The van der Waals surface area contributed by atoms with Gasteiger partial charge in [-0.15, -0.1) is 0 Å². The Morgan fingerprint density at radius 3 is 2.78 bits per heavy atom. The zero-order valence-corrected chi connectivity index (χ0v) is 10.8. The maximum Gasteiger partial charge on any atom is 0.257 e. The number of furan rings is 1. The second kappa shape index (κ2) is 4.12. The van der Waals surface area contributed by atoms with Crippen LogP contribution in [0.4, 0.5) is 0 Å². The number of amides is 1. The van der Waals surface area contributed by atoms with E-state index in [0.29, 0.717) is 23.8 Å². The number of carbonyl (C=O) groups is 1. The van der Waals surface area contributed by atoms with Crippen LogP contribution in [0.25, 0.3) is 0 Å². The van der Waals surface area contributed by atoms with Crippen LogP contribution in [0.2, 0.25) is 0 Å². The first-order valence-corrected chi connectivity index (χ1v) is 6.60. The van der Waals surface area contributed by atoms with Crippen molar-refractivity contribution in [2.45, 2.75) is 32.8 Å². The number of likely N-dealkylation sites (tertiary alicyclic amines) is 1. The Balaban J connectivity index is 1.77. The van der Waals surface area contributed by atoms with Gasteiger partial charge in [0.15, 0.2) is 0 Å². The summed E-state index contributed by atoms with van der Waals surface area (Å²) in [5.74, 6) is 2.27. The lowest BCUT2D eigenvalue weighted by molar-refractivity contribution is 0.0750. The number of aliphatic hydroxyl groups is 1. The highest BCUT2D eigenvalue weighted by Crippen LogP contribution is 2.38. The Hall–Kier alpha value is -1.29. The molecule has 18 heavy (non-hydrogen) atoms. The largest absolute Gasteiger partial charge is 0.466 e. The first-order valence-electron chi connectivity index (χ1n) is 6.60. The molecule has 98 valence electrons. The third-order valence-corrected chi connectivity index (χ3v) is 4.38. The molecule has 2 fully saturated rings. The summed E-state index contributed by atoms with van der Waals surface area (Å²) in [6.07, 6.45) is 1.71. The van der Waals surface area contributed by atoms with E-state index in [4.69, 9.17) is 4.42 Å². The fourth-order valence-corrected chi connectivity index (χ4v) is 3.42. The van der Waals surface area contributed by atoms with Crippen LogP contribution in [0.1, 0.15) is 34.7 Å². The molecular formula is C14H19NO3. The van der Waals surface area contributed by atoms with E-state index in [-0.39, 0.29) is 17.9 Å². The van der Waals surface area contributed by atoms with Crippen molar-refractivity contribution in [2.24, 2.45) is 11.8 Å². The highest BCUT2D eigenvalue weighted by Gasteiger charge is 2.43. The van der Waals surface area contributed by atoms with Gasteiger partial charge in [-0.3, -0.25) is 4.79 Å². The van der Waals surface area contributed by atoms with Crippen molar-refractivity contribution in [3.63, 3.8) is 0 Å². The monoisotopic (exact) mass is 249 g/mol. The maximum atomic E-state index is 12.4. The van der Waals surface area contributed by atoms with Crippen LogP contribution in [0.3, 0.4) is 0 Å². The van der Waals surface area contributed by atoms with Crippen molar-refractivity contribution >= 4 is 5.91 Å². The number of hydrogen-bond donors (Lipinski definition) is 1. The molecule has 1 amide bonds. The molecule has 3 rings (SSSR count). The van der Waals surface area contributed by atoms with Crippen molar-refractivity contribution in [1.82, 2.24) is 4.90 Å². The zero-order chi connectivity index (χ0) is 12.9. The van der Waals surface area contributed by atoms with Gasteiger partial charge in [-0.2, -0.15) is 0 Å². The molecule has 2 heterocycles. The van der Waals surface area contributed by atoms with Crippen LogP contribution in [0.5, 0.6) is 0 Å². The lowest BCUT2D eigenvalue weighted by Gasteiger charge is -2.17. The summed E-state index contributed by atoms with van der Waals surface area (Å²) in [5, 5.41) is 9.87. The Kier molecular flexibility index (Phi) is 2.70. The fraction of sp³-hybridized carbons (Fsp3) is 0.643. The Morgan fingerprint density at radius 2 is 2.17 bits per heavy atom. The van der Waals surface area contributed by atoms with E-state index in [0.717, 1.165) is 25.1 Å². The number of nitrogens with zero attached hydrogens (tertiary/aromatic N) is 1. The third-order valence-electron chi connectivity index (χ3n) is 4.38. The van der Waals surface area contributed by atoms with Crippen molar-refractivity contribution in [3.05, 3.63) is 23.2 Å². The van der Waals surface area contributed by atoms with Gasteiger partial charge in [0.1, 0.15) is 11.5 Å². The first kappa shape index (κ1) is 11.8. The molecule has 4 nitrogen and oxygen atoms in total. The Morgan fingerprint density at radius 1 is 1.39 bits per heavy atom. The van der Waals surface area contributed by atoms with Crippen molar-refractivity contribution < 1.29 is 14.3 Å². The first-order chi connectivity index (χ1) is 8.56. The molecule has 0 bridgehead atoms. The van der Waals surface area contributed by atoms with Crippen LogP contribution >= 0.6 is 0 Å². The minimum Gasteiger partial charge on any atom is -0.466 e. The molecule has 0 spiro atoms. The van der Waals surface area contributed by atoms with Crippen LogP contribution in [-0.4, -0.2) is 35.1 Å². The van der Waals surface area contributed by atoms with Gasteiger partial charge in [-0.1, -0.05) is 0 Å². The topological polar surface area (TPSA) is 53.7 Å². The molecule has 1 saturated carbocycles. The molecule has 1 N–H and O–H groups in total. The standard InChI is InChI=1S/C14H19NO3/c1-8-5-11(9(2)18-8)14(17)15-6-10-3-4-13(16)12(10)7-15/h5,10,12-13,16H,3-4,6-7H2,1-2H3. The second-order valence-electron chi connectivity index (χ2n) is 5.61. The summed E-state index contributed by atoms with van der Waals surface area (Å²) in [5.41, 5.74) is 0.668. The highest BCUT2D eigenvalue weighted by atomic mass is 16.3. The third kappa shape index (κ3) is 1.75. The molecule has 3 atom stereocenters. The lowest BCUT2D eigenvalue weighted by Crippen LogP contribution is -2.31. The molecule has 1 aromatic rings. The van der Waals surface area contributed by atoms with E-state index >= 15 is 0 Å². The number of rotatable bonds is 1. The SMILES string of the molecule is Cc1cc(C(=O)N2CC3CCC(O)C3C2)c(C)o1. The number of aliphatic hydroxyl groups excluding tert-OH is 1. The molecule has 4 heteroatoms. The molecule has 1 saturated heterocycles. The predicted octanol–water partition coefficient (Wildman–Crippen LogP) is 1.74. The minimum absolute atomic E-state index is 0.0472. The van der Waals surface area contributed by atoms with Crippen LogP contribution in [-0.2, 0) is 0 Å². The minimum atomic E-state index is -0.222. The molecule has 3 unspecified atom stereocenters. The summed E-state index contributed by atoms with van der Waals surface area (Å²) in [6, 6.07) is 1.81. The van der Waals surface area contributed by atoms with Crippen molar-refractivity contribution in [1.29, 1.82) is 0 Å². The quantitative estimate of drug-likeness (QED) is 0.824. The molecule has 1 aliphatic carbocycles. The van der Waals surface area contributed by atoms with Crippen molar-refractivity contribution in [2.75, 3.05) is 13.1 Å². The highest BCUT2D eigenvalue weighted by molar-refractivity contribution is 5.95. The van der Waals surface area contributed by atoms with Gasteiger partial charge < -0.3 is 14.4 Å². The number of hydrogen-bond acceptors (Lipinski definition) is 3. The maximum absolute atomic E-state index is 12.4. The van der Waals surface area contributed by atoms with E-state index in [1.165, 1.54) is 0 Å². The molecular weight excluding hydrogens is 230 g/mol. The fourth-order valence-electron chi connectivity index (χ4n) is 3.42. The number of carbonyl (C=O) groups excluding carboxylic acids is 1. The summed E-state index contributed by atoms with van der Waals surface area (Å²) in [7, 11) is 0. The van der Waals surface area contributed by atoms with Gasteiger partial charge in [0, 0.05) is 19.0 Å². The molecule has 1 aliphatic heterocycles. The summed E-state index contributed by atoms with van der Waals surface area (Å²) in [4.78, 5) is 14.3. The molecule has 0 radical (unpaired) electrons. The normalized spacial score (nSPS) is 30.8. The lowest BCUT2D eigenvalue weighted by atomic mass is 10.00. The van der Waals surface area contributed by atoms with E-state index < -0.39 is 0 Å². The average molecular weight is 249 g/mol. The summed E-state index contributed by atoms with van der Waals surface area (Å²) in [6.45, 7) is 5.15. The van der Waals surface area contributed by atoms with E-state index in [1.807, 2.05) is 24.8 Å². The second-order valence-corrected chi connectivity index (χ2v) is 5.61. The molecule has 2 aliphatic rings. The Bertz CT molecular complexity index is 479. The predicted molar refractivity (Wildman–Crippen MR) is 66.3 cm³/mol. The van der Waals surface area contributed by atoms with Gasteiger partial charge in [0.25, 0.3) is 5.91 Å². The van der Waals surface area contributed by atoms with Gasteiger partial charge in [-0.25, -0.2) is 0 Å². The zero-order valence-electron chi connectivity index (χ0n) is 10.8. The van der Waals surface area contributed by atoms with Gasteiger partial charge in [0.05, 0.1) is 11.7 Å². The molecule has 0 aromatic carbocycles. The Labute approximate surface area is 107 Å². The summed E-state index contributed by atoms with van der Waals surface area (Å²) < 4.78 is 5.41. The van der Waals surface area contributed by atoms with Gasteiger partial charge in [0.2, 0.25) is 0 Å². The van der Waals surface area contributed by atoms with Crippen LogP contribution < -0.4 is 0 Å². The molecule has 1 aromatic heterocycles. The number of fused-ring (bicyclic) bond motifs is 1. The average Bonchev–Trinajstić information content (AvgIpc) is 2.96. The number of aryl methyl sites for hydroxylation is 2. The van der Waals surface area contributed by atoms with Crippen LogP contribution in [0.15, 0.2) is 10.5 Å². The van der Waals surface area contributed by atoms with E-state index in [1.54, 1.807) is 0 Å².